The van der Waals surface area contributed by atoms with Gasteiger partial charge in [-0.2, -0.15) is 0 Å². The third kappa shape index (κ3) is 4.82. The maximum Gasteiger partial charge on any atom is 0.266 e. The number of amides is 1. The van der Waals surface area contributed by atoms with E-state index >= 15 is 0 Å². The fourth-order valence-electron chi connectivity index (χ4n) is 2.78. The second-order valence-electron chi connectivity index (χ2n) is 6.00. The van der Waals surface area contributed by atoms with Gasteiger partial charge in [-0.05, 0) is 89.6 Å². The van der Waals surface area contributed by atoms with Crippen molar-refractivity contribution in [3.05, 3.63) is 57.2 Å². The number of hydrogen-bond donors (Lipinski definition) is 0. The van der Waals surface area contributed by atoms with Crippen LogP contribution in [0.1, 0.15) is 19.4 Å². The zero-order valence-electron chi connectivity index (χ0n) is 16.2. The molecule has 1 heterocycles. The van der Waals surface area contributed by atoms with Crippen LogP contribution in [0.4, 0.5) is 10.1 Å². The average Bonchev–Trinajstić information content (AvgIpc) is 2.98. The quantitative estimate of drug-likeness (QED) is 0.505. The Balaban J connectivity index is 1.95. The largest absolute Gasteiger partial charge is 0.492 e. The molecule has 0 radical (unpaired) electrons. The minimum atomic E-state index is -0.327. The van der Waals surface area contributed by atoms with E-state index in [1.807, 2.05) is 26.0 Å². The number of thioether (sulfide) groups is 1. The fourth-order valence-corrected chi connectivity index (χ4v) is 4.46. The van der Waals surface area contributed by atoms with Gasteiger partial charge in [0.25, 0.3) is 5.91 Å². The van der Waals surface area contributed by atoms with Crippen molar-refractivity contribution in [2.75, 3.05) is 20.3 Å². The molecule has 0 unspecified atom stereocenters. The van der Waals surface area contributed by atoms with Crippen LogP contribution < -0.4 is 9.47 Å². The summed E-state index contributed by atoms with van der Waals surface area (Å²) in [4.78, 5) is 19.5. The van der Waals surface area contributed by atoms with Crippen LogP contribution in [-0.4, -0.2) is 36.2 Å². The molecule has 0 spiro atoms. The number of nitrogens with zero attached hydrogens (tertiary/aromatic N) is 2. The lowest BCUT2D eigenvalue weighted by Gasteiger charge is -2.12. The molecule has 1 aliphatic heterocycles. The molecule has 152 valence electrons. The molecule has 1 amide bonds. The zero-order valence-corrected chi connectivity index (χ0v) is 18.6. The standard InChI is InChI=1S/C21H20BrFN2O3S/c1-4-25-20(26)18(29-21(25)24-15-8-6-14(23)7-9-15)12-13-10-16(22)19(27-3)17(11-13)28-5-2/h6-12H,4-5H2,1-3H3/b18-12+,24-21?. The molecule has 0 aliphatic carbocycles. The van der Waals surface area contributed by atoms with E-state index in [2.05, 4.69) is 20.9 Å². The molecule has 0 aromatic heterocycles. The highest BCUT2D eigenvalue weighted by Gasteiger charge is 2.32. The van der Waals surface area contributed by atoms with Gasteiger partial charge >= 0.3 is 0 Å². The highest BCUT2D eigenvalue weighted by molar-refractivity contribution is 9.10. The van der Waals surface area contributed by atoms with Gasteiger partial charge in [-0.15, -0.1) is 0 Å². The number of amidine groups is 1. The number of ether oxygens (including phenoxy) is 2. The normalized spacial score (nSPS) is 16.7. The summed E-state index contributed by atoms with van der Waals surface area (Å²) in [6.45, 7) is 4.76. The molecule has 0 saturated carbocycles. The van der Waals surface area contributed by atoms with Crippen LogP contribution in [-0.2, 0) is 4.79 Å². The van der Waals surface area contributed by atoms with Gasteiger partial charge in [0.2, 0.25) is 0 Å². The first kappa shape index (κ1) is 21.4. The lowest BCUT2D eigenvalue weighted by atomic mass is 10.2. The maximum absolute atomic E-state index is 13.1. The lowest BCUT2D eigenvalue weighted by Crippen LogP contribution is -2.28. The van der Waals surface area contributed by atoms with Crippen LogP contribution in [0, 0.1) is 5.82 Å². The van der Waals surface area contributed by atoms with Crippen LogP contribution in [0.2, 0.25) is 0 Å². The summed E-state index contributed by atoms with van der Waals surface area (Å²) in [6.07, 6.45) is 1.80. The third-order valence-electron chi connectivity index (χ3n) is 4.09. The first-order valence-electron chi connectivity index (χ1n) is 9.02. The Hall–Kier alpha value is -2.32. The van der Waals surface area contributed by atoms with E-state index in [1.165, 1.54) is 23.9 Å². The number of halogens is 2. The summed E-state index contributed by atoms with van der Waals surface area (Å²) in [5.74, 6) is 0.753. The van der Waals surface area contributed by atoms with Gasteiger partial charge in [0.15, 0.2) is 16.7 Å². The Morgan fingerprint density at radius 3 is 2.59 bits per heavy atom. The Bertz CT molecular complexity index is 977. The SMILES string of the molecule is CCOc1cc(/C=C2/SC(=Nc3ccc(F)cc3)N(CC)C2=O)cc(Br)c1OC. The summed E-state index contributed by atoms with van der Waals surface area (Å²) >= 11 is 4.78. The highest BCUT2D eigenvalue weighted by atomic mass is 79.9. The lowest BCUT2D eigenvalue weighted by molar-refractivity contribution is -0.122. The fraction of sp³-hybridized carbons (Fsp3) is 0.238. The topological polar surface area (TPSA) is 51.1 Å². The second kappa shape index (κ2) is 9.45. The van der Waals surface area contributed by atoms with Gasteiger partial charge < -0.3 is 9.47 Å². The number of benzene rings is 2. The van der Waals surface area contributed by atoms with Crippen LogP contribution in [0.25, 0.3) is 6.08 Å². The van der Waals surface area contributed by atoms with E-state index in [9.17, 15) is 9.18 Å². The second-order valence-corrected chi connectivity index (χ2v) is 7.86. The summed E-state index contributed by atoms with van der Waals surface area (Å²) < 4.78 is 24.9. The van der Waals surface area contributed by atoms with Crippen molar-refractivity contribution in [1.29, 1.82) is 0 Å². The number of carbonyl (C=O) groups is 1. The molecule has 0 atom stereocenters. The summed E-state index contributed by atoms with van der Waals surface area (Å²) in [5, 5.41) is 0.563. The van der Waals surface area contributed by atoms with Crippen molar-refractivity contribution < 1.29 is 18.7 Å². The number of aliphatic imine (C=N–C) groups is 1. The molecular weight excluding hydrogens is 459 g/mol. The van der Waals surface area contributed by atoms with Gasteiger partial charge in [-0.1, -0.05) is 0 Å². The van der Waals surface area contributed by atoms with E-state index in [-0.39, 0.29) is 11.7 Å². The predicted molar refractivity (Wildman–Crippen MR) is 118 cm³/mol. The van der Waals surface area contributed by atoms with Crippen LogP contribution in [0.5, 0.6) is 11.5 Å². The molecule has 5 nitrogen and oxygen atoms in total. The van der Waals surface area contributed by atoms with Crippen LogP contribution in [0.3, 0.4) is 0 Å². The maximum atomic E-state index is 13.1. The van der Waals surface area contributed by atoms with Crippen molar-refractivity contribution in [1.82, 2.24) is 4.90 Å². The van der Waals surface area contributed by atoms with Crippen LogP contribution >= 0.6 is 27.7 Å². The van der Waals surface area contributed by atoms with E-state index in [4.69, 9.17) is 9.47 Å². The number of hydrogen-bond acceptors (Lipinski definition) is 5. The third-order valence-corrected chi connectivity index (χ3v) is 5.68. The first-order valence-corrected chi connectivity index (χ1v) is 10.6. The van der Waals surface area contributed by atoms with Crippen molar-refractivity contribution in [2.45, 2.75) is 13.8 Å². The molecule has 1 saturated heterocycles. The predicted octanol–water partition coefficient (Wildman–Crippen LogP) is 5.62. The number of likely N-dealkylation sites (N-methyl/N-ethyl adjacent to an activating group) is 1. The van der Waals surface area contributed by atoms with Gasteiger partial charge in [0.1, 0.15) is 5.82 Å². The van der Waals surface area contributed by atoms with Crippen LogP contribution in [0.15, 0.2) is 50.8 Å². The van der Waals surface area contributed by atoms with Gasteiger partial charge in [-0.25, -0.2) is 9.38 Å². The molecule has 0 N–H and O–H groups in total. The van der Waals surface area contributed by atoms with Crippen molar-refractivity contribution in [2.24, 2.45) is 4.99 Å². The molecule has 1 fully saturated rings. The molecule has 1 aliphatic rings. The highest BCUT2D eigenvalue weighted by Crippen LogP contribution is 2.39. The van der Waals surface area contributed by atoms with Crippen molar-refractivity contribution in [3.8, 4) is 11.5 Å². The van der Waals surface area contributed by atoms with Gasteiger partial charge in [-0.3, -0.25) is 9.69 Å². The van der Waals surface area contributed by atoms with Gasteiger partial charge in [0.05, 0.1) is 28.8 Å². The summed E-state index contributed by atoms with van der Waals surface area (Å²) in [6, 6.07) is 9.55. The van der Waals surface area contributed by atoms with E-state index in [0.29, 0.717) is 40.4 Å². The van der Waals surface area contributed by atoms with Gasteiger partial charge in [0, 0.05) is 6.54 Å². The molecule has 29 heavy (non-hydrogen) atoms. The van der Waals surface area contributed by atoms with Crippen molar-refractivity contribution >= 4 is 50.5 Å². The molecule has 2 aromatic carbocycles. The Labute approximate surface area is 181 Å². The average molecular weight is 479 g/mol. The first-order chi connectivity index (χ1) is 14.0. The molecule has 8 heteroatoms. The monoisotopic (exact) mass is 478 g/mol. The number of rotatable bonds is 6. The molecule has 0 bridgehead atoms. The molecule has 2 aromatic rings. The smallest absolute Gasteiger partial charge is 0.266 e. The summed E-state index contributed by atoms with van der Waals surface area (Å²) in [7, 11) is 1.58. The summed E-state index contributed by atoms with van der Waals surface area (Å²) in [5.41, 5.74) is 1.39. The zero-order chi connectivity index (χ0) is 21.0. The minimum absolute atomic E-state index is 0.122. The van der Waals surface area contributed by atoms with Crippen molar-refractivity contribution in [3.63, 3.8) is 0 Å². The minimum Gasteiger partial charge on any atom is -0.492 e. The number of methoxy groups -OCH3 is 1. The molecular formula is C21H20BrFN2O3S. The Morgan fingerprint density at radius 2 is 1.97 bits per heavy atom. The Kier molecular flexibility index (Phi) is 6.97. The Morgan fingerprint density at radius 1 is 1.24 bits per heavy atom. The van der Waals surface area contributed by atoms with E-state index in [1.54, 1.807) is 30.2 Å². The molecule has 3 rings (SSSR count). The van der Waals surface area contributed by atoms with E-state index in [0.717, 1.165) is 10.0 Å². The number of carbonyl (C=O) groups excluding carboxylic acids is 1. The van der Waals surface area contributed by atoms with E-state index < -0.39 is 0 Å².